The van der Waals surface area contributed by atoms with Gasteiger partial charge < -0.3 is 33.5 Å². The number of ether oxygens (including phenoxy) is 6. The first-order valence-corrected chi connectivity index (χ1v) is 25.5. The van der Waals surface area contributed by atoms with Crippen LogP contribution in [-0.4, -0.2) is 130 Å². The van der Waals surface area contributed by atoms with E-state index >= 15 is 0 Å². The minimum atomic E-state index is -5.84. The second kappa shape index (κ2) is 37.7. The maximum atomic E-state index is 11.2. The number of aliphatic imine (C=N–C) groups is 2. The second-order valence-electron chi connectivity index (χ2n) is 15.9. The summed E-state index contributed by atoms with van der Waals surface area (Å²) in [7, 11) is -11.7. The van der Waals surface area contributed by atoms with Crippen molar-refractivity contribution >= 4 is 56.2 Å². The Morgan fingerprint density at radius 1 is 0.756 bits per heavy atom. The number of alkyl halides is 6. The summed E-state index contributed by atoms with van der Waals surface area (Å²) < 4.78 is 146. The van der Waals surface area contributed by atoms with E-state index in [1.54, 1.807) is 26.8 Å². The van der Waals surface area contributed by atoms with Crippen molar-refractivity contribution in [3.63, 3.8) is 0 Å². The van der Waals surface area contributed by atoms with Gasteiger partial charge in [0.1, 0.15) is 30.7 Å². The standard InChI is InChI=1S/C21H22N2O2.2C9H14O3.C5H8.C4H6O3.2CHF3O3S.Cu/c1-21(2,19-22-17(13-24-19)15-9-5-3-6-10-15)20-23-18(14-25-20)16-11-7-4-8-12-16;1-3-11-9(10)8-6-7(2)4-5-12-8;1-4-7(3)6-8(10)9(11)12-5-2;1-4-5(2)3;1-2-7-4(6)3-5;2*2-1(3,4)8(5,6)7;/h3-12,17-18H,13-14H2,1-2H3;4,8H,3,5-6H2,1-2H3;4,8,10H,1,3,5-6H2,2H3;4H,1-2H2,3H3;3H,2H2,1H3;2*(H,5,6,7);/t17-,18-;2*8-;;;;;/m111...../s1. The summed E-state index contributed by atoms with van der Waals surface area (Å²) in [4.78, 5) is 50.9. The van der Waals surface area contributed by atoms with Gasteiger partial charge in [0.2, 0.25) is 6.29 Å². The Labute approximate surface area is 461 Å². The van der Waals surface area contributed by atoms with Gasteiger partial charge in [-0.15, -0.1) is 0 Å². The molecule has 2 aromatic rings. The zero-order chi connectivity index (χ0) is 59.8. The molecule has 3 N–H and O–H groups in total. The maximum Gasteiger partial charge on any atom is 0.522 e. The molecule has 0 aromatic heterocycles. The summed E-state index contributed by atoms with van der Waals surface area (Å²) in [6, 6.07) is 20.6. The predicted molar refractivity (Wildman–Crippen MR) is 273 cm³/mol. The topological polar surface area (TPSA) is 277 Å². The van der Waals surface area contributed by atoms with Crippen molar-refractivity contribution in [2.45, 2.75) is 96.6 Å². The average Bonchev–Trinajstić information content (AvgIpc) is 4.08. The minimum absolute atomic E-state index is 0. The number of esters is 3. The first kappa shape index (κ1) is 76.2. The Balaban J connectivity index is -0.000000912. The van der Waals surface area contributed by atoms with Crippen LogP contribution in [0.4, 0.5) is 26.3 Å². The van der Waals surface area contributed by atoms with Gasteiger partial charge in [-0.25, -0.2) is 24.4 Å². The zero-order valence-electron chi connectivity index (χ0n) is 43.7. The number of aliphatic hydroxyl groups is 1. The van der Waals surface area contributed by atoms with Gasteiger partial charge in [0.25, 0.3) is 0 Å². The van der Waals surface area contributed by atoms with Crippen LogP contribution in [-0.2, 0) is 84.9 Å². The average molecular weight is 1210 g/mol. The third kappa shape index (κ3) is 31.4. The van der Waals surface area contributed by atoms with Crippen molar-refractivity contribution in [3.8, 4) is 0 Å². The molecule has 3 aliphatic rings. The van der Waals surface area contributed by atoms with Gasteiger partial charge in [-0.1, -0.05) is 122 Å². The normalized spacial score (nSPS) is 16.7. The third-order valence-corrected chi connectivity index (χ3v) is 10.3. The molecule has 19 nitrogen and oxygen atoms in total. The van der Waals surface area contributed by atoms with Crippen LogP contribution in [0.2, 0.25) is 0 Å². The first-order valence-electron chi connectivity index (χ1n) is 22.7. The molecule has 0 saturated carbocycles. The molecule has 3 heterocycles. The van der Waals surface area contributed by atoms with Crippen LogP contribution in [0, 0.1) is 5.41 Å². The van der Waals surface area contributed by atoms with E-state index in [0.717, 1.165) is 5.57 Å². The van der Waals surface area contributed by atoms with Gasteiger partial charge in [0, 0.05) is 29.9 Å². The smallest absolute Gasteiger partial charge is 0.478 e. The van der Waals surface area contributed by atoms with Crippen LogP contribution in [0.25, 0.3) is 0 Å². The van der Waals surface area contributed by atoms with Crippen molar-refractivity contribution in [3.05, 3.63) is 133 Å². The molecule has 1 radical (unpaired) electrons. The van der Waals surface area contributed by atoms with E-state index in [1.807, 2.05) is 56.3 Å². The SMILES string of the molecule is C=CC(=C)C.C=CC(=C)C[C@@H](O)C(=O)OCC.CC(C)(C1=N[C@@H](c2ccccc2)CO1)C1=N[C@@H](c2ccccc2)CO1.CCOC(=O)C=O.CCOC(=O)[C@H]1CC(C)=CCO1.O=S(=O)(O)C(F)(F)F.O=S(=O)(O)C(F)(F)F.[Cu]. The Bertz CT molecular complexity index is 2430. The number of allylic oxidation sites excluding steroid dienone is 3. The molecule has 4 atom stereocenters. The Morgan fingerprint density at radius 3 is 1.44 bits per heavy atom. The van der Waals surface area contributed by atoms with E-state index in [9.17, 15) is 45.5 Å². The molecular weight excluding hydrogens is 1140 g/mol. The van der Waals surface area contributed by atoms with Crippen LogP contribution in [0.15, 0.2) is 132 Å². The van der Waals surface area contributed by atoms with Gasteiger partial charge in [-0.05, 0) is 59.6 Å². The monoisotopic (exact) mass is 1210 g/mol. The van der Waals surface area contributed by atoms with E-state index < -0.39 is 54.7 Å². The van der Waals surface area contributed by atoms with Gasteiger partial charge in [0.05, 0.1) is 26.4 Å². The number of benzene rings is 2. The summed E-state index contributed by atoms with van der Waals surface area (Å²) in [6.45, 7) is 29.8. The maximum absolute atomic E-state index is 11.2. The molecule has 78 heavy (non-hydrogen) atoms. The molecule has 443 valence electrons. The number of rotatable bonds is 14. The molecule has 28 heteroatoms. The fourth-order valence-electron chi connectivity index (χ4n) is 5.17. The number of aliphatic hydroxyl groups excluding tert-OH is 1. The number of hydrogen-bond acceptors (Lipinski definition) is 17. The van der Waals surface area contributed by atoms with Crippen LogP contribution in [0.1, 0.15) is 84.5 Å². The molecule has 3 aliphatic heterocycles. The van der Waals surface area contributed by atoms with Crippen LogP contribution < -0.4 is 0 Å². The van der Waals surface area contributed by atoms with Gasteiger partial charge in [0.15, 0.2) is 24.0 Å². The van der Waals surface area contributed by atoms with E-state index in [-0.39, 0.29) is 67.1 Å². The van der Waals surface area contributed by atoms with Crippen molar-refractivity contribution in [2.24, 2.45) is 15.4 Å². The van der Waals surface area contributed by atoms with Gasteiger partial charge in [-0.3, -0.25) is 13.9 Å². The van der Waals surface area contributed by atoms with Crippen LogP contribution in [0.3, 0.4) is 0 Å². The summed E-state index contributed by atoms with van der Waals surface area (Å²) >= 11 is 0. The van der Waals surface area contributed by atoms with Crippen LogP contribution >= 0.6 is 0 Å². The van der Waals surface area contributed by atoms with Gasteiger partial charge in [-0.2, -0.15) is 43.2 Å². The largest absolute Gasteiger partial charge is 0.522 e. The Morgan fingerprint density at radius 2 is 1.14 bits per heavy atom. The van der Waals surface area contributed by atoms with Crippen molar-refractivity contribution in [1.29, 1.82) is 0 Å². The zero-order valence-corrected chi connectivity index (χ0v) is 46.3. The fourth-order valence-corrected chi connectivity index (χ4v) is 5.17. The van der Waals surface area contributed by atoms with Crippen molar-refractivity contribution in [1.82, 2.24) is 0 Å². The number of aldehydes is 1. The predicted octanol–water partition coefficient (Wildman–Crippen LogP) is 8.96. The second-order valence-corrected chi connectivity index (χ2v) is 18.7. The molecule has 5 rings (SSSR count). The molecule has 0 fully saturated rings. The Kier molecular flexibility index (Phi) is 36.9. The van der Waals surface area contributed by atoms with E-state index in [1.165, 1.54) is 22.8 Å². The number of carbonyl (C=O) groups is 4. The summed E-state index contributed by atoms with van der Waals surface area (Å²) in [6.07, 6.45) is 4.70. The van der Waals surface area contributed by atoms with Gasteiger partial charge >= 0.3 is 49.2 Å². The van der Waals surface area contributed by atoms with Crippen molar-refractivity contribution < 1.29 is 122 Å². The quantitative estimate of drug-likeness (QED) is 0.0152. The molecule has 0 amide bonds. The molecule has 0 bridgehead atoms. The molecule has 0 saturated heterocycles. The summed E-state index contributed by atoms with van der Waals surface area (Å²) in [5.41, 5.74) is -6.36. The number of nitrogens with zero attached hydrogens (tertiary/aromatic N) is 2. The summed E-state index contributed by atoms with van der Waals surface area (Å²) in [5, 5.41) is 9.17. The summed E-state index contributed by atoms with van der Waals surface area (Å²) in [5.74, 6) is -0.254. The number of carbonyl (C=O) groups excluding carboxylic acids is 4. The molecule has 0 spiro atoms. The first-order chi connectivity index (χ1) is 35.6. The molecular formula is C50H66CuF6N2O17S2. The number of hydrogen-bond donors (Lipinski definition) is 3. The molecule has 0 aliphatic carbocycles. The van der Waals surface area contributed by atoms with E-state index in [0.29, 0.717) is 50.2 Å². The minimum Gasteiger partial charge on any atom is -0.478 e. The van der Waals surface area contributed by atoms with Crippen LogP contribution in [0.5, 0.6) is 0 Å². The van der Waals surface area contributed by atoms with Crippen molar-refractivity contribution in [2.75, 3.05) is 39.6 Å². The Hall–Kier alpha value is -6.00. The third-order valence-electron chi connectivity index (χ3n) is 9.15. The van der Waals surface area contributed by atoms with E-state index in [4.69, 9.17) is 60.0 Å². The fraction of sp³-hybridized carbons (Fsp3) is 0.440. The van der Waals surface area contributed by atoms with E-state index in [2.05, 4.69) is 73.9 Å². The number of halogens is 6. The molecule has 2 aromatic carbocycles. The molecule has 0 unspecified atom stereocenters.